The van der Waals surface area contributed by atoms with E-state index in [4.69, 9.17) is 0 Å². The summed E-state index contributed by atoms with van der Waals surface area (Å²) in [6, 6.07) is 6.90. The number of benzene rings is 1. The van der Waals surface area contributed by atoms with Crippen molar-refractivity contribution in [3.8, 4) is 5.75 Å². The molecule has 2 aliphatic rings. The van der Waals surface area contributed by atoms with Crippen LogP contribution in [0.4, 0.5) is 0 Å². The Bertz CT molecular complexity index is 942. The zero-order valence-electron chi connectivity index (χ0n) is 17.1. The van der Waals surface area contributed by atoms with Crippen LogP contribution in [0.5, 0.6) is 5.75 Å². The number of piperazine rings is 1. The second-order valence-electron chi connectivity index (χ2n) is 8.42. The Hall–Kier alpha value is -2.89. The number of nitrogens with zero attached hydrogens (tertiary/aromatic N) is 3. The van der Waals surface area contributed by atoms with Crippen LogP contribution in [-0.4, -0.2) is 56.9 Å². The van der Waals surface area contributed by atoms with E-state index >= 15 is 0 Å². The van der Waals surface area contributed by atoms with Gasteiger partial charge >= 0.3 is 0 Å². The van der Waals surface area contributed by atoms with Crippen LogP contribution in [0.3, 0.4) is 0 Å². The van der Waals surface area contributed by atoms with Crippen molar-refractivity contribution in [3.63, 3.8) is 0 Å². The minimum Gasteiger partial charge on any atom is -0.508 e. The number of carbonyl (C=O) groups excluding carboxylic acids is 2. The van der Waals surface area contributed by atoms with E-state index in [-0.39, 0.29) is 35.6 Å². The number of aromatic nitrogens is 1. The van der Waals surface area contributed by atoms with Crippen LogP contribution in [0, 0.1) is 6.92 Å². The normalized spacial score (nSPS) is 21.0. The van der Waals surface area contributed by atoms with Gasteiger partial charge in [-0.25, -0.2) is 0 Å². The van der Waals surface area contributed by atoms with Gasteiger partial charge in [0.25, 0.3) is 11.8 Å². The molecule has 1 N–H and O–H groups in total. The summed E-state index contributed by atoms with van der Waals surface area (Å²) in [6.07, 6.45) is 5.09. The van der Waals surface area contributed by atoms with Gasteiger partial charge < -0.3 is 14.9 Å². The minimum absolute atomic E-state index is 0.00420. The topological polar surface area (TPSA) is 73.7 Å². The Balaban J connectivity index is 1.58. The summed E-state index contributed by atoms with van der Waals surface area (Å²) in [5, 5.41) is 9.95. The van der Waals surface area contributed by atoms with Gasteiger partial charge in [0.15, 0.2) is 0 Å². The molecule has 2 saturated heterocycles. The van der Waals surface area contributed by atoms with Gasteiger partial charge in [-0.15, -0.1) is 0 Å². The number of aromatic hydroxyl groups is 1. The van der Waals surface area contributed by atoms with Crippen LogP contribution >= 0.6 is 0 Å². The Morgan fingerprint density at radius 1 is 1.07 bits per heavy atom. The van der Waals surface area contributed by atoms with E-state index in [1.54, 1.807) is 24.5 Å². The number of phenolic OH excluding ortho intramolecular Hbond substituents is 1. The molecule has 2 aliphatic heterocycles. The fraction of sp³-hybridized carbons (Fsp3) is 0.435. The molecule has 2 bridgehead atoms. The predicted octanol–water partition coefficient (Wildman–Crippen LogP) is 3.35. The van der Waals surface area contributed by atoms with E-state index < -0.39 is 0 Å². The predicted molar refractivity (Wildman–Crippen MR) is 110 cm³/mol. The molecule has 2 amide bonds. The number of pyridine rings is 1. The summed E-state index contributed by atoms with van der Waals surface area (Å²) in [5.74, 6) is 0.233. The maximum absolute atomic E-state index is 13.4. The van der Waals surface area contributed by atoms with Gasteiger partial charge in [-0.05, 0) is 55.0 Å². The number of carbonyl (C=O) groups is 2. The van der Waals surface area contributed by atoms with Crippen LogP contribution in [0.15, 0.2) is 36.7 Å². The maximum Gasteiger partial charge on any atom is 0.255 e. The van der Waals surface area contributed by atoms with Gasteiger partial charge in [0.1, 0.15) is 5.75 Å². The number of likely N-dealkylation sites (tertiary alicyclic amines) is 1. The third kappa shape index (κ3) is 3.48. The molecule has 2 aromatic rings. The quantitative estimate of drug-likeness (QED) is 0.868. The van der Waals surface area contributed by atoms with Gasteiger partial charge in [-0.2, -0.15) is 0 Å². The zero-order chi connectivity index (χ0) is 20.7. The second kappa shape index (κ2) is 7.50. The lowest BCUT2D eigenvalue weighted by molar-refractivity contribution is 0.0358. The zero-order valence-corrected chi connectivity index (χ0v) is 17.1. The van der Waals surface area contributed by atoms with Gasteiger partial charge in [0, 0.05) is 31.0 Å². The molecule has 0 radical (unpaired) electrons. The molecule has 152 valence electrons. The van der Waals surface area contributed by atoms with E-state index in [1.165, 1.54) is 0 Å². The van der Waals surface area contributed by atoms with Crippen molar-refractivity contribution < 1.29 is 14.7 Å². The van der Waals surface area contributed by atoms with E-state index in [1.807, 2.05) is 42.7 Å². The number of amides is 2. The van der Waals surface area contributed by atoms with Gasteiger partial charge in [-0.1, -0.05) is 19.9 Å². The molecule has 0 saturated carbocycles. The van der Waals surface area contributed by atoms with Crippen LogP contribution in [0.25, 0.3) is 0 Å². The third-order valence-corrected chi connectivity index (χ3v) is 6.16. The average Bonchev–Trinajstić information content (AvgIpc) is 2.96. The Morgan fingerprint density at radius 3 is 2.38 bits per heavy atom. The standard InChI is InChI=1S/C23H27N3O3/c1-14(2)19-7-6-18(27)10-20(19)23(29)26-16-4-5-17(26)13-25(12-16)22(28)21-11-24-9-8-15(21)3/h6-11,14,16-17,27H,4-5,12-13H2,1-3H3. The first-order valence-electron chi connectivity index (χ1n) is 10.2. The SMILES string of the molecule is Cc1ccncc1C(=O)N1CC2CCC(C1)N2C(=O)c1cc(O)ccc1C(C)C. The lowest BCUT2D eigenvalue weighted by atomic mass is 9.95. The van der Waals surface area contributed by atoms with Gasteiger partial charge in [-0.3, -0.25) is 14.6 Å². The van der Waals surface area contributed by atoms with Crippen molar-refractivity contribution in [2.24, 2.45) is 0 Å². The smallest absolute Gasteiger partial charge is 0.255 e. The van der Waals surface area contributed by atoms with E-state index in [0.29, 0.717) is 24.2 Å². The highest BCUT2D eigenvalue weighted by Crippen LogP contribution is 2.34. The maximum atomic E-state index is 13.4. The van der Waals surface area contributed by atoms with Crippen LogP contribution < -0.4 is 0 Å². The molecular weight excluding hydrogens is 366 g/mol. The first-order valence-corrected chi connectivity index (χ1v) is 10.2. The molecule has 2 unspecified atom stereocenters. The van der Waals surface area contributed by atoms with Crippen molar-refractivity contribution in [2.45, 2.75) is 51.6 Å². The number of fused-ring (bicyclic) bond motifs is 2. The average molecular weight is 393 g/mol. The summed E-state index contributed by atoms with van der Waals surface area (Å²) in [6.45, 7) is 7.07. The summed E-state index contributed by atoms with van der Waals surface area (Å²) in [4.78, 5) is 34.4. The fourth-order valence-electron chi connectivity index (χ4n) is 4.63. The van der Waals surface area contributed by atoms with Crippen LogP contribution in [0.1, 0.15) is 64.4 Å². The third-order valence-electron chi connectivity index (χ3n) is 6.16. The lowest BCUT2D eigenvalue weighted by Gasteiger charge is -2.41. The molecule has 2 atom stereocenters. The summed E-state index contributed by atoms with van der Waals surface area (Å²) < 4.78 is 0. The summed E-state index contributed by atoms with van der Waals surface area (Å²) >= 11 is 0. The number of hydrogen-bond acceptors (Lipinski definition) is 4. The van der Waals surface area contributed by atoms with Crippen molar-refractivity contribution >= 4 is 11.8 Å². The number of phenols is 1. The number of hydrogen-bond donors (Lipinski definition) is 1. The van der Waals surface area contributed by atoms with Gasteiger partial charge in [0.05, 0.1) is 17.6 Å². The fourth-order valence-corrected chi connectivity index (χ4v) is 4.63. The summed E-state index contributed by atoms with van der Waals surface area (Å²) in [5.41, 5.74) is 3.05. The molecule has 3 heterocycles. The first-order chi connectivity index (χ1) is 13.9. The molecule has 1 aromatic heterocycles. The Morgan fingerprint density at radius 2 is 1.76 bits per heavy atom. The van der Waals surface area contributed by atoms with Crippen molar-refractivity contribution in [1.29, 1.82) is 0 Å². The van der Waals surface area contributed by atoms with Crippen molar-refractivity contribution in [1.82, 2.24) is 14.8 Å². The highest BCUT2D eigenvalue weighted by molar-refractivity contribution is 5.98. The van der Waals surface area contributed by atoms with Crippen molar-refractivity contribution in [3.05, 3.63) is 58.9 Å². The Kier molecular flexibility index (Phi) is 5.03. The number of rotatable bonds is 3. The highest BCUT2D eigenvalue weighted by atomic mass is 16.3. The molecule has 4 rings (SSSR count). The molecule has 29 heavy (non-hydrogen) atoms. The van der Waals surface area contributed by atoms with Gasteiger partial charge in [0.2, 0.25) is 0 Å². The minimum atomic E-state index is -0.0400. The number of aryl methyl sites for hydroxylation is 1. The lowest BCUT2D eigenvalue weighted by Crippen LogP contribution is -2.57. The molecule has 2 fully saturated rings. The molecular formula is C23H27N3O3. The molecule has 6 nitrogen and oxygen atoms in total. The highest BCUT2D eigenvalue weighted by Gasteiger charge is 2.44. The molecule has 0 aliphatic carbocycles. The second-order valence-corrected chi connectivity index (χ2v) is 8.42. The van der Waals surface area contributed by atoms with E-state index in [9.17, 15) is 14.7 Å². The van der Waals surface area contributed by atoms with Crippen LogP contribution in [-0.2, 0) is 0 Å². The van der Waals surface area contributed by atoms with E-state index in [0.717, 1.165) is 24.0 Å². The van der Waals surface area contributed by atoms with Crippen LogP contribution in [0.2, 0.25) is 0 Å². The molecule has 6 heteroatoms. The molecule has 0 spiro atoms. The monoisotopic (exact) mass is 393 g/mol. The van der Waals surface area contributed by atoms with Crippen molar-refractivity contribution in [2.75, 3.05) is 13.1 Å². The van der Waals surface area contributed by atoms with E-state index in [2.05, 4.69) is 4.98 Å². The summed E-state index contributed by atoms with van der Waals surface area (Å²) in [7, 11) is 0. The first kappa shape index (κ1) is 19.4. The Labute approximate surface area is 171 Å². The molecule has 1 aromatic carbocycles. The largest absolute Gasteiger partial charge is 0.508 e.